The van der Waals surface area contributed by atoms with Gasteiger partial charge in [-0.2, -0.15) is 8.42 Å². The van der Waals surface area contributed by atoms with E-state index in [4.69, 9.17) is 25.1 Å². The van der Waals surface area contributed by atoms with Gasteiger partial charge in [0, 0.05) is 0 Å². The zero-order valence-corrected chi connectivity index (χ0v) is 17.0. The Balaban J connectivity index is 1.80. The average Bonchev–Trinajstić information content (AvgIpc) is 2.72. The molecule has 0 amide bonds. The van der Waals surface area contributed by atoms with Crippen molar-refractivity contribution in [3.8, 4) is 0 Å². The van der Waals surface area contributed by atoms with Gasteiger partial charge in [0.05, 0.1) is 28.0 Å². The molecule has 0 bridgehead atoms. The van der Waals surface area contributed by atoms with Gasteiger partial charge in [-0.3, -0.25) is 4.18 Å². The van der Waals surface area contributed by atoms with Gasteiger partial charge >= 0.3 is 7.12 Å². The van der Waals surface area contributed by atoms with Gasteiger partial charge in [0.1, 0.15) is 0 Å². The predicted molar refractivity (Wildman–Crippen MR) is 99.3 cm³/mol. The van der Waals surface area contributed by atoms with Crippen molar-refractivity contribution in [2.45, 2.75) is 68.8 Å². The molecule has 8 heteroatoms. The van der Waals surface area contributed by atoms with Gasteiger partial charge in [-0.15, -0.1) is 11.6 Å². The number of hydrogen-bond donors (Lipinski definition) is 0. The molecule has 1 fully saturated rings. The van der Waals surface area contributed by atoms with Crippen LogP contribution in [0.3, 0.4) is 0 Å². The molecule has 0 aliphatic carbocycles. The van der Waals surface area contributed by atoms with Crippen LogP contribution in [0.4, 0.5) is 0 Å². The van der Waals surface area contributed by atoms with Crippen molar-refractivity contribution in [3.05, 3.63) is 29.8 Å². The summed E-state index contributed by atoms with van der Waals surface area (Å²) >= 11 is 6.37. The summed E-state index contributed by atoms with van der Waals surface area (Å²) in [5.74, 6) is 0. The lowest BCUT2D eigenvalue weighted by atomic mass is 9.81. The molecule has 1 aromatic rings. The first kappa shape index (κ1) is 20.7. The smallest absolute Gasteiger partial charge is 0.402 e. The van der Waals surface area contributed by atoms with Crippen LogP contribution >= 0.6 is 11.6 Å². The fourth-order valence-corrected chi connectivity index (χ4v) is 3.59. The molecular formula is C17H26BClO5S. The fraction of sp³-hybridized carbons (Fsp3) is 0.647. The minimum Gasteiger partial charge on any atom is -0.402 e. The van der Waals surface area contributed by atoms with Gasteiger partial charge in [0.2, 0.25) is 0 Å². The Kier molecular flexibility index (Phi) is 6.27. The monoisotopic (exact) mass is 388 g/mol. The van der Waals surface area contributed by atoms with E-state index in [0.29, 0.717) is 12.8 Å². The largest absolute Gasteiger partial charge is 0.476 e. The van der Waals surface area contributed by atoms with Crippen molar-refractivity contribution < 1.29 is 21.9 Å². The van der Waals surface area contributed by atoms with E-state index in [9.17, 15) is 8.42 Å². The minimum atomic E-state index is -3.74. The van der Waals surface area contributed by atoms with Crippen LogP contribution in [-0.2, 0) is 23.6 Å². The molecule has 25 heavy (non-hydrogen) atoms. The van der Waals surface area contributed by atoms with Crippen LogP contribution in [0, 0.1) is 6.92 Å². The van der Waals surface area contributed by atoms with E-state index >= 15 is 0 Å². The third-order valence-electron chi connectivity index (χ3n) is 4.74. The second kappa shape index (κ2) is 7.57. The molecule has 0 spiro atoms. The second-order valence-corrected chi connectivity index (χ2v) is 9.55. The molecule has 0 aromatic heterocycles. The van der Waals surface area contributed by atoms with Gasteiger partial charge in [-0.05, 0) is 59.6 Å². The zero-order chi connectivity index (χ0) is 18.9. The van der Waals surface area contributed by atoms with Crippen LogP contribution < -0.4 is 0 Å². The molecule has 1 aliphatic rings. The van der Waals surface area contributed by atoms with Crippen molar-refractivity contribution in [2.75, 3.05) is 6.61 Å². The van der Waals surface area contributed by atoms with Crippen molar-refractivity contribution in [1.29, 1.82) is 0 Å². The molecule has 2 rings (SSSR count). The number of hydrogen-bond acceptors (Lipinski definition) is 5. The number of benzene rings is 1. The highest BCUT2D eigenvalue weighted by Crippen LogP contribution is 2.38. The van der Waals surface area contributed by atoms with Crippen molar-refractivity contribution >= 4 is 28.8 Å². The van der Waals surface area contributed by atoms with Gasteiger partial charge in [-0.1, -0.05) is 17.7 Å². The second-order valence-electron chi connectivity index (χ2n) is 7.37. The minimum absolute atomic E-state index is 0.0684. The Morgan fingerprint density at radius 2 is 1.64 bits per heavy atom. The molecule has 0 unspecified atom stereocenters. The third-order valence-corrected chi connectivity index (χ3v) is 6.49. The predicted octanol–water partition coefficient (Wildman–Crippen LogP) is 3.72. The summed E-state index contributed by atoms with van der Waals surface area (Å²) in [6.45, 7) is 9.83. The standard InChI is InChI=1S/C17H26BClO5S/c1-13-8-10-14(11-9-13)25(20,21)22-12-6-7-15(19)18-23-16(2,3)17(4,5)24-18/h8-11,15H,6-7,12H2,1-5H3/t15-/m1/s1. The highest BCUT2D eigenvalue weighted by molar-refractivity contribution is 7.86. The molecule has 1 heterocycles. The van der Waals surface area contributed by atoms with Crippen molar-refractivity contribution in [2.24, 2.45) is 0 Å². The fourth-order valence-electron chi connectivity index (χ4n) is 2.39. The van der Waals surface area contributed by atoms with E-state index < -0.39 is 28.4 Å². The number of halogens is 1. The normalized spacial score (nSPS) is 20.6. The molecule has 0 saturated carbocycles. The summed E-state index contributed by atoms with van der Waals surface area (Å²) in [6.07, 6.45) is 1.02. The zero-order valence-electron chi connectivity index (χ0n) is 15.4. The third kappa shape index (κ3) is 4.98. The van der Waals surface area contributed by atoms with Crippen molar-refractivity contribution in [3.63, 3.8) is 0 Å². The topological polar surface area (TPSA) is 61.8 Å². The Labute approximate surface area is 156 Å². The van der Waals surface area contributed by atoms with Crippen LogP contribution in [0.15, 0.2) is 29.2 Å². The first-order valence-corrected chi connectivity index (χ1v) is 10.2. The SMILES string of the molecule is Cc1ccc(S(=O)(=O)OCCC[C@@H](Cl)B2OC(C)(C)C(C)(C)O2)cc1. The summed E-state index contributed by atoms with van der Waals surface area (Å²) in [7, 11) is -4.25. The number of rotatable bonds is 7. The van der Waals surface area contributed by atoms with Crippen LogP contribution in [0.5, 0.6) is 0 Å². The van der Waals surface area contributed by atoms with E-state index in [0.717, 1.165) is 5.56 Å². The molecule has 1 aromatic carbocycles. The van der Waals surface area contributed by atoms with Gasteiger partial charge in [-0.25, -0.2) is 0 Å². The number of aryl methyl sites for hydroxylation is 1. The lowest BCUT2D eigenvalue weighted by molar-refractivity contribution is 0.00578. The summed E-state index contributed by atoms with van der Waals surface area (Å²) in [4.78, 5) is 0.159. The number of alkyl halides is 1. The molecular weight excluding hydrogens is 363 g/mol. The molecule has 1 aliphatic heterocycles. The maximum absolute atomic E-state index is 12.1. The molecule has 1 atom stereocenters. The summed E-state index contributed by atoms with van der Waals surface area (Å²) in [5, 5.41) is -0.369. The van der Waals surface area contributed by atoms with E-state index in [1.54, 1.807) is 24.3 Å². The average molecular weight is 389 g/mol. The van der Waals surface area contributed by atoms with E-state index in [2.05, 4.69) is 0 Å². The van der Waals surface area contributed by atoms with Crippen LogP contribution in [-0.4, -0.2) is 38.6 Å². The van der Waals surface area contributed by atoms with Gasteiger partial charge in [0.15, 0.2) is 0 Å². The summed E-state index contributed by atoms with van der Waals surface area (Å²) < 4.78 is 41.1. The Hall–Kier alpha value is -0.595. The highest BCUT2D eigenvalue weighted by atomic mass is 35.5. The van der Waals surface area contributed by atoms with Gasteiger partial charge < -0.3 is 9.31 Å². The summed E-state index contributed by atoms with van der Waals surface area (Å²) in [5.41, 5.74) is 0.123. The van der Waals surface area contributed by atoms with Gasteiger partial charge in [0.25, 0.3) is 10.1 Å². The first-order valence-electron chi connectivity index (χ1n) is 8.40. The Morgan fingerprint density at radius 3 is 2.16 bits per heavy atom. The lowest BCUT2D eigenvalue weighted by Gasteiger charge is -2.32. The maximum atomic E-state index is 12.1. The maximum Gasteiger partial charge on any atom is 0.476 e. The first-order chi connectivity index (χ1) is 11.4. The highest BCUT2D eigenvalue weighted by Gasteiger charge is 2.53. The van der Waals surface area contributed by atoms with Crippen molar-refractivity contribution in [1.82, 2.24) is 0 Å². The molecule has 140 valence electrons. The van der Waals surface area contributed by atoms with E-state index in [1.165, 1.54) is 0 Å². The molecule has 0 radical (unpaired) electrons. The Bertz CT molecular complexity index is 671. The lowest BCUT2D eigenvalue weighted by Crippen LogP contribution is -2.41. The van der Waals surface area contributed by atoms with Crippen LogP contribution in [0.25, 0.3) is 0 Å². The molecule has 0 N–H and O–H groups in total. The molecule has 1 saturated heterocycles. The van der Waals surface area contributed by atoms with Crippen LogP contribution in [0.2, 0.25) is 0 Å². The molecule has 5 nitrogen and oxygen atoms in total. The van der Waals surface area contributed by atoms with E-state index in [-0.39, 0.29) is 16.8 Å². The quantitative estimate of drug-likeness (QED) is 0.308. The Morgan fingerprint density at radius 1 is 1.12 bits per heavy atom. The van der Waals surface area contributed by atoms with E-state index in [1.807, 2.05) is 34.6 Å². The van der Waals surface area contributed by atoms with Crippen LogP contribution in [0.1, 0.15) is 46.1 Å². The summed E-state index contributed by atoms with van der Waals surface area (Å²) in [6, 6.07) is 6.56.